The van der Waals surface area contributed by atoms with Crippen LogP contribution >= 0.6 is 0 Å². The number of esters is 1. The summed E-state index contributed by atoms with van der Waals surface area (Å²) in [6, 6.07) is -0.871. The molecule has 1 aliphatic rings. The Kier molecular flexibility index (Phi) is 3.76. The molecule has 1 aliphatic heterocycles. The largest absolute Gasteiger partial charge is 0.467 e. The third kappa shape index (κ3) is 2.44. The summed E-state index contributed by atoms with van der Waals surface area (Å²) in [5, 5.41) is 0. The van der Waals surface area contributed by atoms with Gasteiger partial charge in [0, 0.05) is 6.42 Å². The van der Waals surface area contributed by atoms with E-state index >= 15 is 0 Å². The molecule has 1 rings (SSSR count). The number of carbonyl (C=O) groups is 4. The highest BCUT2D eigenvalue weighted by atomic mass is 16.5. The SMILES string of the molecule is COC(=O)C1CCC(=O)N1C(=O)CC(C)=O. The van der Waals surface area contributed by atoms with E-state index in [2.05, 4.69) is 4.74 Å². The van der Waals surface area contributed by atoms with E-state index in [1.807, 2.05) is 0 Å². The third-order valence-electron chi connectivity index (χ3n) is 2.35. The Morgan fingerprint density at radius 3 is 2.56 bits per heavy atom. The summed E-state index contributed by atoms with van der Waals surface area (Å²) >= 11 is 0. The molecule has 0 aliphatic carbocycles. The summed E-state index contributed by atoms with van der Waals surface area (Å²) in [6.07, 6.45) is 0.0256. The van der Waals surface area contributed by atoms with Gasteiger partial charge in [-0.05, 0) is 13.3 Å². The third-order valence-corrected chi connectivity index (χ3v) is 2.35. The van der Waals surface area contributed by atoms with Crippen molar-refractivity contribution < 1.29 is 23.9 Å². The number of rotatable bonds is 3. The second-order valence-electron chi connectivity index (χ2n) is 3.61. The molecule has 1 atom stereocenters. The number of likely N-dealkylation sites (tertiary alicyclic amines) is 1. The number of Topliss-reactive ketones (excluding diaryl/α,β-unsaturated/α-hetero) is 1. The molecule has 0 spiro atoms. The van der Waals surface area contributed by atoms with Gasteiger partial charge in [0.1, 0.15) is 11.8 Å². The van der Waals surface area contributed by atoms with E-state index < -0.39 is 23.8 Å². The first-order valence-electron chi connectivity index (χ1n) is 4.89. The molecular formula is C10H13NO5. The molecule has 2 amide bonds. The van der Waals surface area contributed by atoms with Crippen molar-refractivity contribution in [2.24, 2.45) is 0 Å². The number of ketones is 1. The fraction of sp³-hybridized carbons (Fsp3) is 0.600. The zero-order valence-electron chi connectivity index (χ0n) is 9.19. The van der Waals surface area contributed by atoms with E-state index in [1.54, 1.807) is 0 Å². The van der Waals surface area contributed by atoms with Gasteiger partial charge in [-0.2, -0.15) is 0 Å². The van der Waals surface area contributed by atoms with Gasteiger partial charge in [-0.1, -0.05) is 0 Å². The van der Waals surface area contributed by atoms with Crippen LogP contribution in [-0.4, -0.2) is 41.6 Å². The molecule has 16 heavy (non-hydrogen) atoms. The van der Waals surface area contributed by atoms with E-state index in [0.717, 1.165) is 4.90 Å². The first kappa shape index (κ1) is 12.4. The number of methoxy groups -OCH3 is 1. The molecule has 1 saturated heterocycles. The molecule has 1 unspecified atom stereocenters. The first-order chi connectivity index (χ1) is 7.47. The Balaban J connectivity index is 2.81. The predicted octanol–water partition coefficient (Wildman–Crippen LogP) is -0.344. The van der Waals surface area contributed by atoms with Gasteiger partial charge in [-0.3, -0.25) is 19.3 Å². The number of nitrogens with zero attached hydrogens (tertiary/aromatic N) is 1. The Bertz CT molecular complexity index is 349. The van der Waals surface area contributed by atoms with E-state index in [9.17, 15) is 19.2 Å². The van der Waals surface area contributed by atoms with Crippen molar-refractivity contribution >= 4 is 23.6 Å². The maximum atomic E-state index is 11.6. The van der Waals surface area contributed by atoms with Gasteiger partial charge in [0.15, 0.2) is 0 Å². The lowest BCUT2D eigenvalue weighted by atomic mass is 10.2. The molecule has 0 aromatic rings. The van der Waals surface area contributed by atoms with Crippen LogP contribution < -0.4 is 0 Å². The summed E-state index contributed by atoms with van der Waals surface area (Å²) < 4.78 is 4.50. The topological polar surface area (TPSA) is 80.8 Å². The van der Waals surface area contributed by atoms with Crippen LogP contribution in [0.2, 0.25) is 0 Å². The Morgan fingerprint density at radius 2 is 2.06 bits per heavy atom. The molecular weight excluding hydrogens is 214 g/mol. The molecule has 0 radical (unpaired) electrons. The van der Waals surface area contributed by atoms with Crippen molar-refractivity contribution in [3.05, 3.63) is 0 Å². The van der Waals surface area contributed by atoms with E-state index in [0.29, 0.717) is 0 Å². The van der Waals surface area contributed by atoms with Crippen molar-refractivity contribution in [3.8, 4) is 0 Å². The number of carbonyl (C=O) groups excluding carboxylic acids is 4. The van der Waals surface area contributed by atoms with Gasteiger partial charge < -0.3 is 4.74 Å². The van der Waals surface area contributed by atoms with Crippen LogP contribution in [0, 0.1) is 0 Å². The molecule has 0 aromatic carbocycles. The summed E-state index contributed by atoms with van der Waals surface area (Å²) in [5.74, 6) is -2.02. The highest BCUT2D eigenvalue weighted by Crippen LogP contribution is 2.20. The van der Waals surface area contributed by atoms with Gasteiger partial charge in [0.05, 0.1) is 13.5 Å². The summed E-state index contributed by atoms with van der Waals surface area (Å²) in [5.41, 5.74) is 0. The molecule has 88 valence electrons. The number of amides is 2. The quantitative estimate of drug-likeness (QED) is 0.486. The normalized spacial score (nSPS) is 19.8. The van der Waals surface area contributed by atoms with Gasteiger partial charge >= 0.3 is 5.97 Å². The average molecular weight is 227 g/mol. The Morgan fingerprint density at radius 1 is 1.44 bits per heavy atom. The predicted molar refractivity (Wildman–Crippen MR) is 52.2 cm³/mol. The monoisotopic (exact) mass is 227 g/mol. The second-order valence-corrected chi connectivity index (χ2v) is 3.61. The standard InChI is InChI=1S/C10H13NO5/c1-6(12)5-9(14)11-7(10(15)16-2)3-4-8(11)13/h7H,3-5H2,1-2H3. The summed E-state index contributed by atoms with van der Waals surface area (Å²) in [7, 11) is 1.19. The molecule has 6 nitrogen and oxygen atoms in total. The highest BCUT2D eigenvalue weighted by Gasteiger charge is 2.40. The fourth-order valence-corrected chi connectivity index (χ4v) is 1.65. The molecule has 0 bridgehead atoms. The van der Waals surface area contributed by atoms with E-state index in [1.165, 1.54) is 14.0 Å². The molecule has 6 heteroatoms. The zero-order valence-corrected chi connectivity index (χ0v) is 9.19. The summed E-state index contributed by atoms with van der Waals surface area (Å²) in [6.45, 7) is 1.26. The minimum Gasteiger partial charge on any atom is -0.467 e. The van der Waals surface area contributed by atoms with Crippen molar-refractivity contribution in [2.75, 3.05) is 7.11 Å². The zero-order chi connectivity index (χ0) is 12.3. The molecule has 1 heterocycles. The second kappa shape index (κ2) is 4.87. The molecule has 0 saturated carbocycles. The number of hydrogen-bond donors (Lipinski definition) is 0. The van der Waals surface area contributed by atoms with Crippen LogP contribution in [0.5, 0.6) is 0 Å². The number of imide groups is 1. The van der Waals surface area contributed by atoms with Crippen LogP contribution in [-0.2, 0) is 23.9 Å². The van der Waals surface area contributed by atoms with Gasteiger partial charge in [0.2, 0.25) is 11.8 Å². The maximum Gasteiger partial charge on any atom is 0.329 e. The van der Waals surface area contributed by atoms with Crippen LogP contribution in [0.25, 0.3) is 0 Å². The molecule has 0 N–H and O–H groups in total. The van der Waals surface area contributed by atoms with Crippen molar-refractivity contribution in [1.82, 2.24) is 4.90 Å². The number of hydrogen-bond acceptors (Lipinski definition) is 5. The number of ether oxygens (including phenoxy) is 1. The van der Waals surface area contributed by atoms with Crippen LogP contribution in [0.4, 0.5) is 0 Å². The lowest BCUT2D eigenvalue weighted by Crippen LogP contribution is -2.43. The maximum absolute atomic E-state index is 11.6. The average Bonchev–Trinajstić information content (AvgIpc) is 2.58. The van der Waals surface area contributed by atoms with Gasteiger partial charge in [0.25, 0.3) is 0 Å². The van der Waals surface area contributed by atoms with Crippen LogP contribution in [0.1, 0.15) is 26.2 Å². The molecule has 1 fully saturated rings. The van der Waals surface area contributed by atoms with E-state index in [-0.39, 0.29) is 25.0 Å². The van der Waals surface area contributed by atoms with Crippen LogP contribution in [0.3, 0.4) is 0 Å². The Hall–Kier alpha value is -1.72. The minimum absolute atomic E-state index is 0.128. The highest BCUT2D eigenvalue weighted by molar-refractivity contribution is 6.07. The van der Waals surface area contributed by atoms with Crippen molar-refractivity contribution in [2.45, 2.75) is 32.2 Å². The Labute approximate surface area is 92.5 Å². The van der Waals surface area contributed by atoms with Gasteiger partial charge in [-0.15, -0.1) is 0 Å². The van der Waals surface area contributed by atoms with Crippen molar-refractivity contribution in [3.63, 3.8) is 0 Å². The minimum atomic E-state index is -0.871. The molecule has 0 aromatic heterocycles. The first-order valence-corrected chi connectivity index (χ1v) is 4.89. The smallest absolute Gasteiger partial charge is 0.329 e. The van der Waals surface area contributed by atoms with Gasteiger partial charge in [-0.25, -0.2) is 4.79 Å². The fourth-order valence-electron chi connectivity index (χ4n) is 1.65. The summed E-state index contributed by atoms with van der Waals surface area (Å²) in [4.78, 5) is 45.9. The lowest BCUT2D eigenvalue weighted by Gasteiger charge is -2.20. The lowest BCUT2D eigenvalue weighted by molar-refractivity contribution is -0.156. The van der Waals surface area contributed by atoms with Crippen molar-refractivity contribution in [1.29, 1.82) is 0 Å². The van der Waals surface area contributed by atoms with E-state index in [4.69, 9.17) is 0 Å². The van der Waals surface area contributed by atoms with Crippen LogP contribution in [0.15, 0.2) is 0 Å².